The Balaban J connectivity index is 2.39. The predicted octanol–water partition coefficient (Wildman–Crippen LogP) is 4.66. The van der Waals surface area contributed by atoms with Gasteiger partial charge in [-0.15, -0.1) is 0 Å². The zero-order chi connectivity index (χ0) is 25.3. The van der Waals surface area contributed by atoms with E-state index in [1.54, 1.807) is 30.1 Å². The van der Waals surface area contributed by atoms with Gasteiger partial charge in [0.1, 0.15) is 17.5 Å². The third-order valence-corrected chi connectivity index (χ3v) is 5.86. The van der Waals surface area contributed by atoms with Gasteiger partial charge < -0.3 is 24.8 Å². The van der Waals surface area contributed by atoms with E-state index in [0.717, 1.165) is 19.3 Å². The van der Waals surface area contributed by atoms with Crippen LogP contribution in [0.2, 0.25) is 0 Å². The van der Waals surface area contributed by atoms with Crippen LogP contribution >= 0.6 is 0 Å². The molecular weight excluding hydrogens is 436 g/mol. The molecule has 34 heavy (non-hydrogen) atoms. The minimum absolute atomic E-state index is 0.200. The van der Waals surface area contributed by atoms with Crippen molar-refractivity contribution in [3.63, 3.8) is 0 Å². The molecule has 1 rings (SSSR count). The summed E-state index contributed by atoms with van der Waals surface area (Å²) < 4.78 is 10.5. The lowest BCUT2D eigenvalue weighted by Gasteiger charge is -2.20. The number of nitrogens with one attached hydrogen (secondary N) is 1. The number of carboxylic acid groups (broad SMARTS) is 1. The third kappa shape index (κ3) is 10.9. The summed E-state index contributed by atoms with van der Waals surface area (Å²) >= 11 is 0. The topological polar surface area (TPSA) is 105 Å². The fourth-order valence-corrected chi connectivity index (χ4v) is 3.75. The Morgan fingerprint density at radius 2 is 1.65 bits per heavy atom. The molecule has 2 amide bonds. The van der Waals surface area contributed by atoms with Crippen LogP contribution in [0, 0.1) is 0 Å². The van der Waals surface area contributed by atoms with E-state index in [0.29, 0.717) is 49.3 Å². The van der Waals surface area contributed by atoms with E-state index in [1.807, 2.05) is 0 Å². The average Bonchev–Trinajstić information content (AvgIpc) is 2.83. The van der Waals surface area contributed by atoms with Gasteiger partial charge in [0, 0.05) is 20.0 Å². The summed E-state index contributed by atoms with van der Waals surface area (Å²) in [6, 6.07) is 4.14. The van der Waals surface area contributed by atoms with Crippen LogP contribution in [0.4, 0.5) is 0 Å². The highest BCUT2D eigenvalue weighted by molar-refractivity contribution is 5.97. The molecule has 8 nitrogen and oxygen atoms in total. The van der Waals surface area contributed by atoms with Crippen LogP contribution in [0.15, 0.2) is 18.2 Å². The number of methoxy groups -OCH3 is 2. The SMILES string of the molecule is CCCCCCCCCC(=O)NC(CCCCN(C)C(=O)c1cc(OC)ccc1OC)C(=O)O. The first kappa shape index (κ1) is 29.3. The standard InChI is InChI=1S/C26H42N2O6/c1-5-6-7-8-9-10-11-15-24(29)27-22(26(31)32)14-12-13-18-28(2)25(30)21-19-20(33-3)16-17-23(21)34-4/h16-17,19,22H,5-15,18H2,1-4H3,(H,27,29)(H,31,32). The van der Waals surface area contributed by atoms with Crippen molar-refractivity contribution in [2.45, 2.75) is 83.6 Å². The number of aliphatic carboxylic acids is 1. The molecule has 0 bridgehead atoms. The highest BCUT2D eigenvalue weighted by Gasteiger charge is 2.20. The Hall–Kier alpha value is -2.77. The summed E-state index contributed by atoms with van der Waals surface area (Å²) in [5, 5.41) is 12.1. The maximum atomic E-state index is 12.8. The Morgan fingerprint density at radius 1 is 0.971 bits per heavy atom. The second kappa shape index (κ2) is 16.8. The van der Waals surface area contributed by atoms with Crippen molar-refractivity contribution in [1.29, 1.82) is 0 Å². The number of rotatable bonds is 18. The van der Waals surface area contributed by atoms with Crippen molar-refractivity contribution in [2.24, 2.45) is 0 Å². The van der Waals surface area contributed by atoms with Crippen LogP contribution in [0.3, 0.4) is 0 Å². The number of carbonyl (C=O) groups excluding carboxylic acids is 2. The molecule has 1 unspecified atom stereocenters. The quantitative estimate of drug-likeness (QED) is 0.297. The number of benzene rings is 1. The number of nitrogens with zero attached hydrogens (tertiary/aromatic N) is 1. The summed E-state index contributed by atoms with van der Waals surface area (Å²) in [6.07, 6.45) is 9.64. The predicted molar refractivity (Wildman–Crippen MR) is 133 cm³/mol. The molecule has 1 aromatic carbocycles. The van der Waals surface area contributed by atoms with Gasteiger partial charge in [0.25, 0.3) is 5.91 Å². The Labute approximate surface area is 204 Å². The number of hydrogen-bond donors (Lipinski definition) is 2. The lowest BCUT2D eigenvalue weighted by atomic mass is 10.1. The fraction of sp³-hybridized carbons (Fsp3) is 0.654. The molecule has 1 atom stereocenters. The maximum absolute atomic E-state index is 12.8. The summed E-state index contributed by atoms with van der Waals surface area (Å²) in [4.78, 5) is 38.1. The van der Waals surface area contributed by atoms with Crippen molar-refractivity contribution >= 4 is 17.8 Å². The van der Waals surface area contributed by atoms with E-state index in [2.05, 4.69) is 12.2 Å². The van der Waals surface area contributed by atoms with Gasteiger partial charge in [0.05, 0.1) is 19.8 Å². The molecule has 0 heterocycles. The fourth-order valence-electron chi connectivity index (χ4n) is 3.75. The summed E-state index contributed by atoms with van der Waals surface area (Å²) in [5.41, 5.74) is 0.408. The number of hydrogen-bond acceptors (Lipinski definition) is 5. The lowest BCUT2D eigenvalue weighted by Crippen LogP contribution is -2.40. The second-order valence-corrected chi connectivity index (χ2v) is 8.62. The van der Waals surface area contributed by atoms with E-state index in [4.69, 9.17) is 9.47 Å². The second-order valence-electron chi connectivity index (χ2n) is 8.62. The minimum atomic E-state index is -1.03. The molecule has 2 N–H and O–H groups in total. The van der Waals surface area contributed by atoms with E-state index in [9.17, 15) is 19.5 Å². The first-order valence-corrected chi connectivity index (χ1v) is 12.3. The van der Waals surface area contributed by atoms with Crippen molar-refractivity contribution in [3.8, 4) is 11.5 Å². The smallest absolute Gasteiger partial charge is 0.326 e. The summed E-state index contributed by atoms with van der Waals surface area (Å²) in [7, 11) is 4.73. The van der Waals surface area contributed by atoms with Gasteiger partial charge in [-0.2, -0.15) is 0 Å². The number of carbonyl (C=O) groups is 3. The minimum Gasteiger partial charge on any atom is -0.497 e. The zero-order valence-corrected chi connectivity index (χ0v) is 21.2. The van der Waals surface area contributed by atoms with E-state index >= 15 is 0 Å². The van der Waals surface area contributed by atoms with Crippen LogP contribution in [0.5, 0.6) is 11.5 Å². The Bertz CT molecular complexity index is 768. The van der Waals surface area contributed by atoms with Crippen LogP contribution in [0.1, 0.15) is 87.9 Å². The highest BCUT2D eigenvalue weighted by Crippen LogP contribution is 2.25. The van der Waals surface area contributed by atoms with Gasteiger partial charge in [-0.05, 0) is 43.9 Å². The Kier molecular flexibility index (Phi) is 14.4. The molecule has 0 fully saturated rings. The van der Waals surface area contributed by atoms with Gasteiger partial charge in [0.15, 0.2) is 0 Å². The number of ether oxygens (including phenoxy) is 2. The maximum Gasteiger partial charge on any atom is 0.326 e. The van der Waals surface area contributed by atoms with Crippen LogP contribution < -0.4 is 14.8 Å². The molecule has 0 aliphatic heterocycles. The van der Waals surface area contributed by atoms with Gasteiger partial charge >= 0.3 is 5.97 Å². The normalized spacial score (nSPS) is 11.5. The van der Waals surface area contributed by atoms with Crippen LogP contribution in [0.25, 0.3) is 0 Å². The molecule has 0 saturated heterocycles. The van der Waals surface area contributed by atoms with Gasteiger partial charge in [-0.3, -0.25) is 9.59 Å². The molecule has 8 heteroatoms. The van der Waals surface area contributed by atoms with Crippen molar-refractivity contribution in [3.05, 3.63) is 23.8 Å². The summed E-state index contributed by atoms with van der Waals surface area (Å²) in [5.74, 6) is -0.410. The molecule has 0 aromatic heterocycles. The van der Waals surface area contributed by atoms with Gasteiger partial charge in [0.2, 0.25) is 5.91 Å². The number of carboxylic acids is 1. The lowest BCUT2D eigenvalue weighted by molar-refractivity contribution is -0.142. The molecule has 192 valence electrons. The van der Waals surface area contributed by atoms with Gasteiger partial charge in [-0.1, -0.05) is 45.4 Å². The summed E-state index contributed by atoms with van der Waals surface area (Å²) in [6.45, 7) is 2.64. The third-order valence-electron chi connectivity index (χ3n) is 5.86. The first-order valence-electron chi connectivity index (χ1n) is 12.3. The van der Waals surface area contributed by atoms with Crippen molar-refractivity contribution < 1.29 is 29.0 Å². The highest BCUT2D eigenvalue weighted by atomic mass is 16.5. The molecule has 0 saturated carbocycles. The average molecular weight is 479 g/mol. The Morgan fingerprint density at radius 3 is 2.26 bits per heavy atom. The number of unbranched alkanes of at least 4 members (excludes halogenated alkanes) is 7. The van der Waals surface area contributed by atoms with E-state index < -0.39 is 12.0 Å². The van der Waals surface area contributed by atoms with E-state index in [-0.39, 0.29) is 11.8 Å². The number of amides is 2. The first-order chi connectivity index (χ1) is 16.3. The molecule has 0 aliphatic carbocycles. The van der Waals surface area contributed by atoms with Crippen LogP contribution in [-0.2, 0) is 9.59 Å². The molecule has 1 aromatic rings. The zero-order valence-electron chi connectivity index (χ0n) is 21.2. The van der Waals surface area contributed by atoms with Gasteiger partial charge in [-0.25, -0.2) is 4.79 Å². The molecule has 0 spiro atoms. The molecular formula is C26H42N2O6. The largest absolute Gasteiger partial charge is 0.497 e. The monoisotopic (exact) mass is 478 g/mol. The van der Waals surface area contributed by atoms with E-state index in [1.165, 1.54) is 39.9 Å². The van der Waals surface area contributed by atoms with Crippen molar-refractivity contribution in [2.75, 3.05) is 27.8 Å². The molecule has 0 aliphatic rings. The molecule has 0 radical (unpaired) electrons. The van der Waals surface area contributed by atoms with Crippen molar-refractivity contribution in [1.82, 2.24) is 10.2 Å². The van der Waals surface area contributed by atoms with Crippen LogP contribution in [-0.4, -0.2) is 61.6 Å².